The third-order valence-corrected chi connectivity index (χ3v) is 6.53. The second kappa shape index (κ2) is 10.1. The summed E-state index contributed by atoms with van der Waals surface area (Å²) in [7, 11) is 1.59. The predicted molar refractivity (Wildman–Crippen MR) is 135 cm³/mol. The van der Waals surface area contributed by atoms with Gasteiger partial charge in [0, 0.05) is 37.5 Å². The first kappa shape index (κ1) is 23.5. The smallest absolute Gasteiger partial charge is 0.258 e. The minimum absolute atomic E-state index is 0.0208. The Hall–Kier alpha value is -3.67. The fraction of sp³-hybridized carbons (Fsp3) is 0.321. The molecule has 0 spiro atoms. The number of anilines is 1. The minimum Gasteiger partial charge on any atom is -0.357 e. The third-order valence-electron chi connectivity index (χ3n) is 6.53. The zero-order chi connectivity index (χ0) is 24.2. The Bertz CT molecular complexity index is 1210. The zero-order valence-corrected chi connectivity index (χ0v) is 20.0. The van der Waals surface area contributed by atoms with Crippen molar-refractivity contribution in [1.82, 2.24) is 10.2 Å². The molecule has 4 rings (SSSR count). The minimum atomic E-state index is -0.537. The molecule has 0 saturated carbocycles. The first-order valence-electron chi connectivity index (χ1n) is 11.8. The topological polar surface area (TPSA) is 69.7 Å². The van der Waals surface area contributed by atoms with Gasteiger partial charge in [0.25, 0.3) is 5.91 Å². The van der Waals surface area contributed by atoms with Crippen LogP contribution in [0.2, 0.25) is 0 Å². The average Bonchev–Trinajstić information content (AvgIpc) is 3.13. The van der Waals surface area contributed by atoms with Crippen LogP contribution in [-0.4, -0.2) is 42.3 Å². The van der Waals surface area contributed by atoms with Gasteiger partial charge in [-0.3, -0.25) is 14.4 Å². The van der Waals surface area contributed by atoms with E-state index < -0.39 is 6.04 Å². The molecule has 0 saturated heterocycles. The van der Waals surface area contributed by atoms with Gasteiger partial charge in [0.2, 0.25) is 11.8 Å². The first-order chi connectivity index (χ1) is 16.4. The Morgan fingerprint density at radius 1 is 1.03 bits per heavy atom. The zero-order valence-electron chi connectivity index (χ0n) is 20.0. The maximum absolute atomic E-state index is 13.3. The van der Waals surface area contributed by atoms with Gasteiger partial charge in [0.05, 0.1) is 5.69 Å². The molecule has 6 heteroatoms. The quantitative estimate of drug-likeness (QED) is 0.516. The third kappa shape index (κ3) is 4.53. The van der Waals surface area contributed by atoms with Crippen LogP contribution in [0.3, 0.4) is 0 Å². The van der Waals surface area contributed by atoms with Gasteiger partial charge in [0.15, 0.2) is 0 Å². The van der Waals surface area contributed by atoms with Crippen LogP contribution in [0.5, 0.6) is 0 Å². The number of amides is 3. The molecule has 0 aliphatic carbocycles. The fourth-order valence-corrected chi connectivity index (χ4v) is 4.71. The summed E-state index contributed by atoms with van der Waals surface area (Å²) in [5, 5.41) is 4.71. The Balaban J connectivity index is 1.47. The largest absolute Gasteiger partial charge is 0.357 e. The number of benzene rings is 3. The Morgan fingerprint density at radius 2 is 1.74 bits per heavy atom. The van der Waals surface area contributed by atoms with Gasteiger partial charge in [-0.2, -0.15) is 0 Å². The van der Waals surface area contributed by atoms with Gasteiger partial charge >= 0.3 is 0 Å². The van der Waals surface area contributed by atoms with Crippen molar-refractivity contribution in [2.24, 2.45) is 0 Å². The molecule has 0 bridgehead atoms. The second-order valence-electron chi connectivity index (χ2n) is 8.79. The van der Waals surface area contributed by atoms with Crippen molar-refractivity contribution in [3.63, 3.8) is 0 Å². The number of likely N-dealkylation sites (N-methyl/N-ethyl adjacent to an activating group) is 1. The average molecular weight is 458 g/mol. The molecule has 1 heterocycles. The molecular weight excluding hydrogens is 426 g/mol. The summed E-state index contributed by atoms with van der Waals surface area (Å²) in [5.74, 6) is -0.272. The van der Waals surface area contributed by atoms with E-state index in [0.29, 0.717) is 31.5 Å². The first-order valence-corrected chi connectivity index (χ1v) is 11.8. The number of carbonyl (C=O) groups excluding carboxylic acids is 3. The number of carbonyl (C=O) groups is 3. The fourth-order valence-electron chi connectivity index (χ4n) is 4.71. The summed E-state index contributed by atoms with van der Waals surface area (Å²) < 4.78 is 0. The molecule has 6 nitrogen and oxygen atoms in total. The van der Waals surface area contributed by atoms with E-state index in [1.165, 1.54) is 0 Å². The molecule has 3 aromatic rings. The van der Waals surface area contributed by atoms with Crippen LogP contribution in [0.1, 0.15) is 47.7 Å². The molecule has 1 aliphatic rings. The summed E-state index contributed by atoms with van der Waals surface area (Å²) in [6.07, 6.45) is 1.30. The lowest BCUT2D eigenvalue weighted by Gasteiger charge is -2.30. The van der Waals surface area contributed by atoms with E-state index >= 15 is 0 Å². The van der Waals surface area contributed by atoms with E-state index in [9.17, 15) is 14.4 Å². The summed E-state index contributed by atoms with van der Waals surface area (Å²) in [5.41, 5.74) is 3.74. The number of hydrogen-bond donors (Lipinski definition) is 1. The van der Waals surface area contributed by atoms with E-state index in [1.807, 2.05) is 74.5 Å². The molecule has 0 fully saturated rings. The number of nitrogens with one attached hydrogen (secondary N) is 1. The van der Waals surface area contributed by atoms with Crippen molar-refractivity contribution < 1.29 is 14.4 Å². The molecule has 34 heavy (non-hydrogen) atoms. The van der Waals surface area contributed by atoms with Crippen molar-refractivity contribution >= 4 is 34.2 Å². The highest BCUT2D eigenvalue weighted by Gasteiger charge is 2.31. The van der Waals surface area contributed by atoms with Gasteiger partial charge in [-0.15, -0.1) is 0 Å². The van der Waals surface area contributed by atoms with Crippen molar-refractivity contribution in [3.8, 4) is 0 Å². The maximum Gasteiger partial charge on any atom is 0.258 e. The van der Waals surface area contributed by atoms with Crippen molar-refractivity contribution in [2.45, 2.75) is 45.7 Å². The standard InChI is InChI=1S/C28H31N3O3/c1-4-23(27(33)29-3)31(18-20-15-13-19(2)14-16-20)25(32)12-7-17-30-24-11-6-9-21-8-5-10-22(26(21)24)28(30)34/h5-6,8-11,13-16,23H,4,7,12,17-18H2,1-3H3,(H,29,33)/t23-/m1/s1. The van der Waals surface area contributed by atoms with E-state index in [-0.39, 0.29) is 24.1 Å². The van der Waals surface area contributed by atoms with Crippen LogP contribution in [-0.2, 0) is 16.1 Å². The Kier molecular flexibility index (Phi) is 6.96. The normalized spacial score (nSPS) is 13.3. The molecule has 3 amide bonds. The van der Waals surface area contributed by atoms with Crippen molar-refractivity contribution in [2.75, 3.05) is 18.5 Å². The molecule has 176 valence electrons. The highest BCUT2D eigenvalue weighted by molar-refractivity contribution is 6.25. The van der Waals surface area contributed by atoms with Gasteiger partial charge in [-0.05, 0) is 42.8 Å². The second-order valence-corrected chi connectivity index (χ2v) is 8.79. The number of nitrogens with zero attached hydrogens (tertiary/aromatic N) is 2. The lowest BCUT2D eigenvalue weighted by molar-refractivity contribution is -0.141. The highest BCUT2D eigenvalue weighted by Crippen LogP contribution is 2.37. The van der Waals surface area contributed by atoms with E-state index in [4.69, 9.17) is 0 Å². The molecule has 0 unspecified atom stereocenters. The Morgan fingerprint density at radius 3 is 2.41 bits per heavy atom. The summed E-state index contributed by atoms with van der Waals surface area (Å²) in [4.78, 5) is 42.3. The van der Waals surface area contributed by atoms with Gasteiger partial charge in [-0.1, -0.05) is 61.0 Å². The molecule has 1 N–H and O–H groups in total. The molecule has 0 aromatic heterocycles. The number of aryl methyl sites for hydroxylation is 1. The molecule has 1 atom stereocenters. The lowest BCUT2D eigenvalue weighted by atomic mass is 10.1. The number of hydrogen-bond acceptors (Lipinski definition) is 3. The van der Waals surface area contributed by atoms with Crippen LogP contribution in [0.25, 0.3) is 10.8 Å². The summed E-state index contributed by atoms with van der Waals surface area (Å²) in [6, 6.07) is 19.2. The van der Waals surface area contributed by atoms with Crippen molar-refractivity contribution in [3.05, 3.63) is 77.4 Å². The van der Waals surface area contributed by atoms with Crippen LogP contribution < -0.4 is 10.2 Å². The van der Waals surface area contributed by atoms with Crippen LogP contribution in [0.15, 0.2) is 60.7 Å². The highest BCUT2D eigenvalue weighted by atomic mass is 16.2. The number of rotatable bonds is 9. The molecule has 1 aliphatic heterocycles. The Labute approximate surface area is 200 Å². The molecular formula is C28H31N3O3. The van der Waals surface area contributed by atoms with Crippen molar-refractivity contribution in [1.29, 1.82) is 0 Å². The molecule has 0 radical (unpaired) electrons. The van der Waals surface area contributed by atoms with Gasteiger partial charge in [0.1, 0.15) is 6.04 Å². The van der Waals surface area contributed by atoms with Crippen LogP contribution in [0.4, 0.5) is 5.69 Å². The maximum atomic E-state index is 13.3. The van der Waals surface area contributed by atoms with Crippen LogP contribution in [0, 0.1) is 6.92 Å². The summed E-state index contributed by atoms with van der Waals surface area (Å²) in [6.45, 7) is 4.76. The monoisotopic (exact) mass is 457 g/mol. The van der Waals surface area contributed by atoms with E-state index in [0.717, 1.165) is 27.6 Å². The summed E-state index contributed by atoms with van der Waals surface area (Å²) >= 11 is 0. The van der Waals surface area contributed by atoms with Crippen LogP contribution >= 0.6 is 0 Å². The van der Waals surface area contributed by atoms with Gasteiger partial charge in [-0.25, -0.2) is 0 Å². The SMILES string of the molecule is CC[C@H](C(=O)NC)N(Cc1ccc(C)cc1)C(=O)CCCN1C(=O)c2cccc3cccc1c23. The van der Waals surface area contributed by atoms with Gasteiger partial charge < -0.3 is 15.1 Å². The lowest BCUT2D eigenvalue weighted by Crippen LogP contribution is -2.48. The predicted octanol–water partition coefficient (Wildman–Crippen LogP) is 4.44. The van der Waals surface area contributed by atoms with E-state index in [2.05, 4.69) is 5.32 Å². The molecule has 3 aromatic carbocycles. The van der Waals surface area contributed by atoms with E-state index in [1.54, 1.807) is 16.8 Å².